The fourth-order valence-electron chi connectivity index (χ4n) is 2.93. The summed E-state index contributed by atoms with van der Waals surface area (Å²) in [5.41, 5.74) is 0.139. The van der Waals surface area contributed by atoms with Crippen molar-refractivity contribution in [1.29, 1.82) is 0 Å². The summed E-state index contributed by atoms with van der Waals surface area (Å²) in [6.45, 7) is 0.880. The van der Waals surface area contributed by atoms with E-state index in [1.165, 1.54) is 31.2 Å². The van der Waals surface area contributed by atoms with Crippen molar-refractivity contribution < 1.29 is 49.1 Å². The molecule has 38 heavy (non-hydrogen) atoms. The minimum atomic E-state index is -4.80. The maximum absolute atomic E-state index is 12.2. The summed E-state index contributed by atoms with van der Waals surface area (Å²) in [6, 6.07) is 7.26. The number of aliphatic carboxylic acids is 1. The first kappa shape index (κ1) is 30.8. The zero-order valence-electron chi connectivity index (χ0n) is 19.7. The summed E-state index contributed by atoms with van der Waals surface area (Å²) in [5, 5.41) is 21.6. The molecule has 2 aromatic carbocycles. The third-order valence-corrected chi connectivity index (χ3v) is 8.27. The van der Waals surface area contributed by atoms with Crippen LogP contribution in [0.1, 0.15) is 18.9 Å². The van der Waals surface area contributed by atoms with Crippen LogP contribution in [0.2, 0.25) is 0 Å². The van der Waals surface area contributed by atoms with E-state index in [0.29, 0.717) is 5.56 Å². The lowest BCUT2D eigenvalue weighted by Gasteiger charge is -2.14. The maximum atomic E-state index is 12.2. The van der Waals surface area contributed by atoms with Gasteiger partial charge in [0.05, 0.1) is 40.7 Å². The number of rotatable bonds is 13. The zero-order chi connectivity index (χ0) is 28.7. The molecule has 0 fully saturated rings. The highest BCUT2D eigenvalue weighted by molar-refractivity contribution is 7.93. The van der Waals surface area contributed by atoms with E-state index >= 15 is 0 Å². The van der Waals surface area contributed by atoms with E-state index in [4.69, 9.17) is 9.66 Å². The Morgan fingerprint density at radius 3 is 2.08 bits per heavy atom. The number of nitrogens with one attached hydrogen (secondary N) is 2. The number of nitrogens with zero attached hydrogens (tertiary/aromatic N) is 2. The molecule has 0 spiro atoms. The zero-order valence-corrected chi connectivity index (χ0v) is 22.2. The summed E-state index contributed by atoms with van der Waals surface area (Å²) >= 11 is 0. The van der Waals surface area contributed by atoms with Crippen molar-refractivity contribution in [1.82, 2.24) is 0 Å². The highest BCUT2D eigenvalue weighted by atomic mass is 32.2. The Kier molecular flexibility index (Phi) is 10.0. The standard InChI is InChI=1S/C20H24N4O11S3/c1-13(25)23-16-10-18(21-7-6-20(26)27)19(38(33,34)35)11-17(16)24-22-12-14-2-4-15(5-3-14)36(28,29)8-9-37(30,31)32/h2-5,10-11,21H,6-9,12H2,1H3,(H,23,25)(H,26,27)(H,30,31,32)(H,33,34,35). The van der Waals surface area contributed by atoms with Crippen molar-refractivity contribution in [3.63, 3.8) is 0 Å². The minimum Gasteiger partial charge on any atom is -0.481 e. The first-order chi connectivity index (χ1) is 17.5. The lowest BCUT2D eigenvalue weighted by Crippen LogP contribution is -2.16. The van der Waals surface area contributed by atoms with Crippen molar-refractivity contribution >= 4 is 59.0 Å². The Hall–Kier alpha value is -3.45. The van der Waals surface area contributed by atoms with E-state index in [1.807, 2.05) is 0 Å². The van der Waals surface area contributed by atoms with Gasteiger partial charge in [-0.25, -0.2) is 8.42 Å². The van der Waals surface area contributed by atoms with E-state index in [9.17, 15) is 39.4 Å². The summed E-state index contributed by atoms with van der Waals surface area (Å²) < 4.78 is 88.2. The molecule has 2 aromatic rings. The molecule has 0 saturated carbocycles. The number of hydrogen-bond acceptors (Lipinski definition) is 11. The number of benzene rings is 2. The van der Waals surface area contributed by atoms with Crippen molar-refractivity contribution in [3.8, 4) is 0 Å². The topological polar surface area (TPSA) is 246 Å². The van der Waals surface area contributed by atoms with Crippen LogP contribution < -0.4 is 10.6 Å². The van der Waals surface area contributed by atoms with Crippen molar-refractivity contribution in [2.75, 3.05) is 28.7 Å². The molecule has 2 rings (SSSR count). The molecule has 0 atom stereocenters. The average molecular weight is 593 g/mol. The number of azo groups is 1. The Balaban J connectivity index is 2.31. The molecule has 15 nitrogen and oxygen atoms in total. The van der Waals surface area contributed by atoms with Gasteiger partial charge in [-0.2, -0.15) is 27.1 Å². The van der Waals surface area contributed by atoms with Gasteiger partial charge in [-0.3, -0.25) is 18.7 Å². The number of carbonyl (C=O) groups excluding carboxylic acids is 1. The van der Waals surface area contributed by atoms with Gasteiger partial charge in [0.25, 0.3) is 20.2 Å². The molecule has 0 aliphatic carbocycles. The molecule has 0 saturated heterocycles. The number of anilines is 2. The highest BCUT2D eigenvalue weighted by Gasteiger charge is 2.21. The van der Waals surface area contributed by atoms with Crippen LogP contribution in [-0.2, 0) is 46.2 Å². The first-order valence-electron chi connectivity index (χ1n) is 10.5. The van der Waals surface area contributed by atoms with Crippen LogP contribution in [0.4, 0.5) is 17.1 Å². The van der Waals surface area contributed by atoms with Gasteiger partial charge in [0.15, 0.2) is 9.84 Å². The molecule has 0 radical (unpaired) electrons. The van der Waals surface area contributed by atoms with Crippen LogP contribution in [0.3, 0.4) is 0 Å². The first-order valence-corrected chi connectivity index (χ1v) is 15.2. The van der Waals surface area contributed by atoms with Crippen molar-refractivity contribution in [3.05, 3.63) is 42.0 Å². The molecule has 0 bridgehead atoms. The van der Waals surface area contributed by atoms with Crippen LogP contribution >= 0.6 is 0 Å². The fraction of sp³-hybridized carbons (Fsp3) is 0.300. The summed E-state index contributed by atoms with van der Waals surface area (Å²) in [4.78, 5) is 21.6. The van der Waals surface area contributed by atoms with Crippen LogP contribution in [0.5, 0.6) is 0 Å². The normalized spacial score (nSPS) is 12.4. The van der Waals surface area contributed by atoms with E-state index in [-0.39, 0.29) is 41.5 Å². The number of carboxylic acids is 1. The number of carbonyl (C=O) groups is 2. The van der Waals surface area contributed by atoms with E-state index < -0.39 is 58.4 Å². The van der Waals surface area contributed by atoms with Gasteiger partial charge in [-0.1, -0.05) is 12.1 Å². The monoisotopic (exact) mass is 592 g/mol. The Bertz CT molecular complexity index is 1550. The molecule has 0 aliphatic rings. The predicted molar refractivity (Wildman–Crippen MR) is 134 cm³/mol. The third-order valence-electron chi connectivity index (χ3n) is 4.67. The van der Waals surface area contributed by atoms with Crippen LogP contribution in [0, 0.1) is 0 Å². The Morgan fingerprint density at radius 2 is 1.55 bits per heavy atom. The second-order valence-corrected chi connectivity index (χ2v) is 12.8. The summed E-state index contributed by atoms with van der Waals surface area (Å²) in [5.74, 6) is -3.46. The van der Waals surface area contributed by atoms with Gasteiger partial charge in [-0.15, -0.1) is 0 Å². The molecule has 5 N–H and O–H groups in total. The lowest BCUT2D eigenvalue weighted by molar-refractivity contribution is -0.136. The third kappa shape index (κ3) is 9.78. The van der Waals surface area contributed by atoms with Crippen LogP contribution in [-0.4, -0.2) is 69.4 Å². The van der Waals surface area contributed by atoms with Gasteiger partial charge >= 0.3 is 5.97 Å². The van der Waals surface area contributed by atoms with E-state index in [2.05, 4.69) is 20.9 Å². The van der Waals surface area contributed by atoms with Gasteiger partial charge in [0.1, 0.15) is 10.6 Å². The van der Waals surface area contributed by atoms with Crippen LogP contribution in [0.15, 0.2) is 56.4 Å². The summed E-state index contributed by atoms with van der Waals surface area (Å²) in [7, 11) is -13.2. The van der Waals surface area contributed by atoms with E-state index in [1.54, 1.807) is 0 Å². The molecular weight excluding hydrogens is 568 g/mol. The lowest BCUT2D eigenvalue weighted by atomic mass is 10.2. The van der Waals surface area contributed by atoms with Gasteiger partial charge in [0.2, 0.25) is 5.91 Å². The fourth-order valence-corrected chi connectivity index (χ4v) is 6.10. The Morgan fingerprint density at radius 1 is 0.921 bits per heavy atom. The van der Waals surface area contributed by atoms with Crippen molar-refractivity contribution in [2.24, 2.45) is 10.2 Å². The molecule has 0 unspecified atom stereocenters. The second kappa shape index (κ2) is 12.4. The average Bonchev–Trinajstić information content (AvgIpc) is 2.77. The van der Waals surface area contributed by atoms with Crippen LogP contribution in [0.25, 0.3) is 0 Å². The maximum Gasteiger partial charge on any atom is 0.305 e. The molecular formula is C20H24N4O11S3. The molecule has 0 aliphatic heterocycles. The molecule has 0 aromatic heterocycles. The molecule has 0 heterocycles. The van der Waals surface area contributed by atoms with E-state index in [0.717, 1.165) is 12.1 Å². The Labute approximate surface area is 218 Å². The summed E-state index contributed by atoms with van der Waals surface area (Å²) in [6.07, 6.45) is -0.359. The van der Waals surface area contributed by atoms with Crippen molar-refractivity contribution in [2.45, 2.75) is 29.7 Å². The molecule has 208 valence electrons. The number of amides is 1. The highest BCUT2D eigenvalue weighted by Crippen LogP contribution is 2.35. The largest absolute Gasteiger partial charge is 0.481 e. The molecule has 18 heteroatoms. The smallest absolute Gasteiger partial charge is 0.305 e. The number of hydrogen-bond donors (Lipinski definition) is 5. The second-order valence-electron chi connectivity index (χ2n) is 7.74. The minimum absolute atomic E-state index is 0.00625. The molecule has 1 amide bonds. The van der Waals surface area contributed by atoms with Gasteiger partial charge in [0, 0.05) is 13.5 Å². The van der Waals surface area contributed by atoms with Gasteiger partial charge in [-0.05, 0) is 29.8 Å². The SMILES string of the molecule is CC(=O)Nc1cc(NCCC(=O)O)c(S(=O)(=O)O)cc1N=NCc1ccc(S(=O)(=O)CCS(=O)(=O)O)cc1. The quantitative estimate of drug-likeness (QED) is 0.165. The predicted octanol–water partition coefficient (Wildman–Crippen LogP) is 1.72. The number of carboxylic acid groups (broad SMARTS) is 1. The number of sulfone groups is 1. The van der Waals surface area contributed by atoms with Gasteiger partial charge < -0.3 is 15.7 Å².